The predicted molar refractivity (Wildman–Crippen MR) is 95.6 cm³/mol. The molecule has 0 spiro atoms. The van der Waals surface area contributed by atoms with Crippen molar-refractivity contribution < 1.29 is 18.9 Å². The van der Waals surface area contributed by atoms with Gasteiger partial charge >= 0.3 is 6.03 Å². The predicted octanol–water partition coefficient (Wildman–Crippen LogP) is 0.287. The lowest BCUT2D eigenvalue weighted by molar-refractivity contribution is -0.890. The van der Waals surface area contributed by atoms with Gasteiger partial charge in [-0.1, -0.05) is 11.8 Å². The highest BCUT2D eigenvalue weighted by molar-refractivity contribution is 8.00. The Hall–Kier alpha value is -2.46. The van der Waals surface area contributed by atoms with Gasteiger partial charge in [-0.15, -0.1) is 10.2 Å². The zero-order chi connectivity index (χ0) is 19.4. The number of nitrogens with zero attached hydrogens (tertiary/aromatic N) is 3. The summed E-state index contributed by atoms with van der Waals surface area (Å²) in [6.45, 7) is 3.63. The van der Waals surface area contributed by atoms with Crippen molar-refractivity contribution in [2.24, 2.45) is 5.73 Å². The molecule has 0 fully saturated rings. The quantitative estimate of drug-likeness (QED) is 0.624. The highest BCUT2D eigenvalue weighted by Crippen LogP contribution is 2.27. The fourth-order valence-electron chi connectivity index (χ4n) is 2.16. The minimum Gasteiger partial charge on any atom is -0.351 e. The normalized spacial score (nSPS) is 13.5. The highest BCUT2D eigenvalue weighted by Gasteiger charge is 2.26. The second-order valence-electron chi connectivity index (χ2n) is 6.07. The van der Waals surface area contributed by atoms with Gasteiger partial charge in [0.15, 0.2) is 11.0 Å². The van der Waals surface area contributed by atoms with Crippen molar-refractivity contribution in [2.75, 3.05) is 14.1 Å². The van der Waals surface area contributed by atoms with Crippen LogP contribution in [0, 0.1) is 5.82 Å². The minimum atomic E-state index is -0.909. The number of hydrogen-bond acceptors (Lipinski definition) is 5. The van der Waals surface area contributed by atoms with Crippen LogP contribution in [0.3, 0.4) is 0 Å². The Kier molecular flexibility index (Phi) is 6.32. The van der Waals surface area contributed by atoms with Crippen LogP contribution in [0.2, 0.25) is 0 Å². The molecule has 0 radical (unpaired) electrons. The molecule has 0 saturated carbocycles. The second kappa shape index (κ2) is 8.28. The first kappa shape index (κ1) is 19.9. The Morgan fingerprint density at radius 3 is 2.38 bits per heavy atom. The largest absolute Gasteiger partial charge is 0.351 e. The third kappa shape index (κ3) is 4.58. The van der Waals surface area contributed by atoms with Crippen molar-refractivity contribution >= 4 is 23.7 Å². The van der Waals surface area contributed by atoms with Gasteiger partial charge < -0.3 is 10.6 Å². The number of rotatable bonds is 6. The maximum Gasteiger partial charge on any atom is 0.318 e. The SMILES string of the molecule is C[C@H](c1nnc(S[C@H](C)C(=O)NC(N)=O)n1-c1ccc(F)cc1)[NH+](C)C. The second-order valence-corrected chi connectivity index (χ2v) is 7.37. The van der Waals surface area contributed by atoms with Crippen LogP contribution in [0.25, 0.3) is 5.69 Å². The Bertz CT molecular complexity index is 793. The fraction of sp³-hybridized carbons (Fsp3) is 0.375. The lowest BCUT2D eigenvalue weighted by atomic mass is 10.2. The van der Waals surface area contributed by atoms with E-state index in [0.717, 1.165) is 16.7 Å². The van der Waals surface area contributed by atoms with E-state index in [1.165, 1.54) is 12.1 Å². The van der Waals surface area contributed by atoms with Gasteiger partial charge in [-0.3, -0.25) is 14.7 Å². The molecule has 0 saturated heterocycles. The zero-order valence-electron chi connectivity index (χ0n) is 15.0. The summed E-state index contributed by atoms with van der Waals surface area (Å²) in [5.41, 5.74) is 5.67. The van der Waals surface area contributed by atoms with Crippen LogP contribution in [0.15, 0.2) is 29.4 Å². The van der Waals surface area contributed by atoms with E-state index in [-0.39, 0.29) is 11.9 Å². The molecular weight excluding hydrogens is 359 g/mol. The number of urea groups is 1. The molecule has 2 atom stereocenters. The van der Waals surface area contributed by atoms with E-state index in [1.807, 2.05) is 26.3 Å². The third-order valence-corrected chi connectivity index (χ3v) is 4.94. The van der Waals surface area contributed by atoms with Gasteiger partial charge in [0.1, 0.15) is 11.9 Å². The number of carbonyl (C=O) groups excluding carboxylic acids is 2. The molecule has 0 aliphatic carbocycles. The smallest absolute Gasteiger partial charge is 0.318 e. The van der Waals surface area contributed by atoms with E-state index in [9.17, 15) is 14.0 Å². The summed E-state index contributed by atoms with van der Waals surface area (Å²) < 4.78 is 15.1. The maximum absolute atomic E-state index is 13.3. The van der Waals surface area contributed by atoms with Gasteiger partial charge in [-0.05, 0) is 38.1 Å². The Balaban J connectivity index is 2.41. The first-order chi connectivity index (χ1) is 12.2. The number of thioether (sulfide) groups is 1. The summed E-state index contributed by atoms with van der Waals surface area (Å²) in [5, 5.41) is 10.3. The lowest BCUT2D eigenvalue weighted by Gasteiger charge is -2.18. The summed E-state index contributed by atoms with van der Waals surface area (Å²) in [4.78, 5) is 24.0. The first-order valence-electron chi connectivity index (χ1n) is 7.99. The highest BCUT2D eigenvalue weighted by atomic mass is 32.2. The molecule has 140 valence electrons. The van der Waals surface area contributed by atoms with E-state index >= 15 is 0 Å². The first-order valence-corrected chi connectivity index (χ1v) is 8.87. The third-order valence-electron chi connectivity index (χ3n) is 3.89. The van der Waals surface area contributed by atoms with Crippen molar-refractivity contribution in [2.45, 2.75) is 30.3 Å². The van der Waals surface area contributed by atoms with Crippen molar-refractivity contribution in [3.8, 4) is 5.69 Å². The van der Waals surface area contributed by atoms with Gasteiger partial charge in [0.25, 0.3) is 0 Å². The number of halogens is 1. The monoisotopic (exact) mass is 381 g/mol. The van der Waals surface area contributed by atoms with Gasteiger partial charge in [0, 0.05) is 5.69 Å². The van der Waals surface area contributed by atoms with Crippen LogP contribution in [0.1, 0.15) is 25.7 Å². The van der Waals surface area contributed by atoms with Gasteiger partial charge in [-0.2, -0.15) is 0 Å². The average molecular weight is 381 g/mol. The van der Waals surface area contributed by atoms with E-state index in [0.29, 0.717) is 16.7 Å². The summed E-state index contributed by atoms with van der Waals surface area (Å²) in [5.74, 6) is -0.191. The number of quaternary nitrogens is 1. The molecular formula is C16H22FN6O2S+. The van der Waals surface area contributed by atoms with Crippen molar-refractivity contribution in [1.82, 2.24) is 20.1 Å². The van der Waals surface area contributed by atoms with E-state index in [4.69, 9.17) is 5.73 Å². The van der Waals surface area contributed by atoms with Crippen LogP contribution in [0.5, 0.6) is 0 Å². The Morgan fingerprint density at radius 2 is 1.85 bits per heavy atom. The number of amides is 3. The molecule has 0 aliphatic rings. The summed E-state index contributed by atoms with van der Waals surface area (Å²) >= 11 is 1.14. The zero-order valence-corrected chi connectivity index (χ0v) is 15.8. The van der Waals surface area contributed by atoms with Crippen LogP contribution in [-0.2, 0) is 4.79 Å². The van der Waals surface area contributed by atoms with Crippen LogP contribution in [-0.4, -0.2) is 46.0 Å². The average Bonchev–Trinajstić information content (AvgIpc) is 2.97. The standard InChI is InChI=1S/C16H21FN6O2S/c1-9(22(3)4)13-20-21-16(26-10(2)14(24)19-15(18)25)23(13)12-7-5-11(17)6-8-12/h5-10H,1-4H3,(H3,18,19,24,25)/p+1/t9-,10-/m1/s1. The molecule has 0 unspecified atom stereocenters. The summed E-state index contributed by atoms with van der Waals surface area (Å²) in [6, 6.07) is 5.05. The number of primary amides is 1. The van der Waals surface area contributed by atoms with Crippen molar-refractivity contribution in [3.05, 3.63) is 35.9 Å². The number of carbonyl (C=O) groups is 2. The Morgan fingerprint density at radius 1 is 1.23 bits per heavy atom. The molecule has 26 heavy (non-hydrogen) atoms. The van der Waals surface area contributed by atoms with Crippen LogP contribution >= 0.6 is 11.8 Å². The molecule has 0 bridgehead atoms. The molecule has 10 heteroatoms. The molecule has 2 aromatic rings. The summed E-state index contributed by atoms with van der Waals surface area (Å²) in [7, 11) is 3.98. The van der Waals surface area contributed by atoms with E-state index in [2.05, 4.69) is 10.2 Å². The van der Waals surface area contributed by atoms with Gasteiger partial charge in [0.2, 0.25) is 5.91 Å². The van der Waals surface area contributed by atoms with Crippen LogP contribution in [0.4, 0.5) is 9.18 Å². The van der Waals surface area contributed by atoms with Gasteiger partial charge in [0.05, 0.1) is 19.3 Å². The maximum atomic E-state index is 13.3. The number of nitrogens with two attached hydrogens (primary N) is 1. The number of benzene rings is 1. The van der Waals surface area contributed by atoms with Gasteiger partial charge in [-0.25, -0.2) is 9.18 Å². The lowest BCUT2D eigenvalue weighted by Crippen LogP contribution is -3.05. The number of imide groups is 1. The van der Waals surface area contributed by atoms with E-state index < -0.39 is 17.2 Å². The molecule has 2 rings (SSSR count). The number of nitrogens with one attached hydrogen (secondary N) is 2. The van der Waals surface area contributed by atoms with Crippen molar-refractivity contribution in [1.29, 1.82) is 0 Å². The number of aromatic nitrogens is 3. The molecule has 1 heterocycles. The molecule has 3 amide bonds. The minimum absolute atomic E-state index is 0.0108. The molecule has 1 aromatic carbocycles. The van der Waals surface area contributed by atoms with Crippen LogP contribution < -0.4 is 16.0 Å². The van der Waals surface area contributed by atoms with E-state index in [1.54, 1.807) is 23.6 Å². The molecule has 8 nitrogen and oxygen atoms in total. The topological polar surface area (TPSA) is 107 Å². The fourth-order valence-corrected chi connectivity index (χ4v) is 3.04. The number of hydrogen-bond donors (Lipinski definition) is 3. The molecule has 0 aliphatic heterocycles. The molecule has 4 N–H and O–H groups in total. The molecule has 1 aromatic heterocycles. The van der Waals surface area contributed by atoms with Crippen molar-refractivity contribution in [3.63, 3.8) is 0 Å². The summed E-state index contributed by atoms with van der Waals surface area (Å²) in [6.07, 6.45) is 0. The Labute approximate surface area is 154 Å².